The van der Waals surface area contributed by atoms with Crippen LogP contribution < -0.4 is 18.9 Å². The molecule has 0 heterocycles. The fourth-order valence-electron chi connectivity index (χ4n) is 5.99. The SMILES string of the molecule is CCCCCCCCCCCCOCOc1c(OC)cc(/C=C/C(=O)O)cc1OC.CCCCCCCCCCCCOCOc1ccc(/C=C(\C#N)C(=O)O)cc1. The van der Waals surface area contributed by atoms with Gasteiger partial charge in [-0.25, -0.2) is 9.59 Å². The van der Waals surface area contributed by atoms with Crippen molar-refractivity contribution in [2.24, 2.45) is 0 Å². The summed E-state index contributed by atoms with van der Waals surface area (Å²) in [6.07, 6.45) is 29.7. The number of rotatable bonds is 34. The van der Waals surface area contributed by atoms with Crippen LogP contribution in [0.4, 0.5) is 0 Å². The summed E-state index contributed by atoms with van der Waals surface area (Å²) in [5.74, 6) is -0.245. The van der Waals surface area contributed by atoms with Gasteiger partial charge >= 0.3 is 11.9 Å². The molecule has 0 radical (unpaired) electrons. The zero-order chi connectivity index (χ0) is 42.5. The molecule has 0 fully saturated rings. The minimum Gasteiger partial charge on any atom is -0.493 e. The third kappa shape index (κ3) is 26.4. The molecule has 0 unspecified atom stereocenters. The van der Waals surface area contributed by atoms with Gasteiger partial charge in [0.2, 0.25) is 5.75 Å². The lowest BCUT2D eigenvalue weighted by molar-refractivity contribution is -0.132. The summed E-state index contributed by atoms with van der Waals surface area (Å²) in [6.45, 7) is 6.15. The Kier molecular flexibility index (Phi) is 31.6. The van der Waals surface area contributed by atoms with Crippen molar-refractivity contribution in [3.63, 3.8) is 0 Å². The molecule has 0 aliphatic carbocycles. The van der Waals surface area contributed by atoms with Crippen molar-refractivity contribution in [1.29, 1.82) is 5.26 Å². The van der Waals surface area contributed by atoms with Crippen LogP contribution in [0.1, 0.15) is 153 Å². The number of nitrogens with zero attached hydrogens (tertiary/aromatic N) is 1. The second-order valence-corrected chi connectivity index (χ2v) is 14.2. The first kappa shape index (κ1) is 51.5. The Morgan fingerprint density at radius 3 is 1.45 bits per heavy atom. The topological polar surface area (TPSA) is 154 Å². The molecule has 0 saturated heterocycles. The first-order valence-corrected chi connectivity index (χ1v) is 21.3. The summed E-state index contributed by atoms with van der Waals surface area (Å²) >= 11 is 0. The van der Waals surface area contributed by atoms with E-state index in [-0.39, 0.29) is 19.2 Å². The van der Waals surface area contributed by atoms with Crippen molar-refractivity contribution in [2.75, 3.05) is 41.0 Å². The van der Waals surface area contributed by atoms with Crippen LogP contribution in [-0.2, 0) is 19.1 Å². The highest BCUT2D eigenvalue weighted by Gasteiger charge is 2.14. The van der Waals surface area contributed by atoms with Crippen molar-refractivity contribution in [1.82, 2.24) is 0 Å². The molecule has 2 aromatic rings. The summed E-state index contributed by atoms with van der Waals surface area (Å²) < 4.78 is 33.0. The standard InChI is InChI=1S/C24H38O6.C23H33NO4/c1-4-5-6-7-8-9-10-11-12-13-16-29-19-30-24-21(27-2)17-20(14-15-23(25)26)18-22(24)28-3;1-2-3-4-5-6-7-8-9-10-11-16-27-19-28-22-14-12-20(13-15-22)17-21(18-24)23(25)26/h14-15,17-18H,4-13,16,19H2,1-3H3,(H,25,26);12-15,17H,2-11,16,19H2,1H3,(H,25,26)/b15-14+;21-17+. The molecule has 2 N–H and O–H groups in total. The van der Waals surface area contributed by atoms with Crippen LogP contribution in [0.5, 0.6) is 23.0 Å². The Hall–Kier alpha value is -4.53. The Bertz CT molecular complexity index is 1440. The van der Waals surface area contributed by atoms with Gasteiger partial charge in [0.05, 0.1) is 27.4 Å². The molecule has 0 saturated carbocycles. The second-order valence-electron chi connectivity index (χ2n) is 14.2. The lowest BCUT2D eigenvalue weighted by atomic mass is 10.1. The number of unbranched alkanes of at least 4 members (excludes halogenated alkanes) is 18. The molecule has 0 aliphatic heterocycles. The van der Waals surface area contributed by atoms with Crippen molar-refractivity contribution < 1.29 is 48.2 Å². The largest absolute Gasteiger partial charge is 0.493 e. The lowest BCUT2D eigenvalue weighted by Crippen LogP contribution is -2.06. The quantitative estimate of drug-likeness (QED) is 0.0300. The van der Waals surface area contributed by atoms with Crippen LogP contribution in [0.3, 0.4) is 0 Å². The van der Waals surface area contributed by atoms with Crippen LogP contribution in [0.2, 0.25) is 0 Å². The van der Waals surface area contributed by atoms with Crippen LogP contribution in [0.15, 0.2) is 48.0 Å². The first-order valence-electron chi connectivity index (χ1n) is 21.3. The van der Waals surface area contributed by atoms with Gasteiger partial charge in [-0.05, 0) is 60.4 Å². The van der Waals surface area contributed by atoms with Gasteiger partial charge in [-0.1, -0.05) is 142 Å². The van der Waals surface area contributed by atoms with E-state index in [1.807, 2.05) is 0 Å². The number of benzene rings is 2. The number of carbonyl (C=O) groups is 2. The first-order chi connectivity index (χ1) is 28.3. The summed E-state index contributed by atoms with van der Waals surface area (Å²) in [5.41, 5.74) is 0.982. The number of ether oxygens (including phenoxy) is 6. The zero-order valence-corrected chi connectivity index (χ0v) is 35.8. The smallest absolute Gasteiger partial charge is 0.346 e. The Morgan fingerprint density at radius 2 is 1.05 bits per heavy atom. The molecule has 11 nitrogen and oxygen atoms in total. The fourth-order valence-corrected chi connectivity index (χ4v) is 5.99. The zero-order valence-electron chi connectivity index (χ0n) is 35.8. The molecule has 2 aromatic carbocycles. The molecule has 0 aromatic heterocycles. The number of aliphatic carboxylic acids is 2. The molecule has 0 spiro atoms. The van der Waals surface area contributed by atoms with Gasteiger partial charge in [-0.3, -0.25) is 0 Å². The summed E-state index contributed by atoms with van der Waals surface area (Å²) in [6, 6.07) is 11.9. The minimum atomic E-state index is -1.23. The highest BCUT2D eigenvalue weighted by Crippen LogP contribution is 2.39. The number of nitriles is 1. The van der Waals surface area contributed by atoms with Crippen LogP contribution in [0, 0.1) is 11.3 Å². The average molecular weight is 810 g/mol. The van der Waals surface area contributed by atoms with Gasteiger partial charge in [0.25, 0.3) is 0 Å². The van der Waals surface area contributed by atoms with Crippen LogP contribution in [-0.4, -0.2) is 63.2 Å². The number of carboxylic acids is 2. The highest BCUT2D eigenvalue weighted by atomic mass is 16.7. The fraction of sp³-hybridized carbons (Fsp3) is 0.596. The molecular formula is C47H71NO10. The third-order valence-electron chi connectivity index (χ3n) is 9.32. The molecule has 0 bridgehead atoms. The maximum Gasteiger partial charge on any atom is 0.346 e. The van der Waals surface area contributed by atoms with E-state index in [0.717, 1.165) is 18.9 Å². The lowest BCUT2D eigenvalue weighted by Gasteiger charge is -2.15. The maximum atomic E-state index is 10.8. The Morgan fingerprint density at radius 1 is 0.621 bits per heavy atom. The van der Waals surface area contributed by atoms with E-state index in [9.17, 15) is 9.59 Å². The summed E-state index contributed by atoms with van der Waals surface area (Å²) in [5, 5.41) is 26.4. The summed E-state index contributed by atoms with van der Waals surface area (Å²) in [4.78, 5) is 21.5. The van der Waals surface area contributed by atoms with Crippen molar-refractivity contribution in [3.05, 3.63) is 59.2 Å². The van der Waals surface area contributed by atoms with Gasteiger partial charge in [-0.2, -0.15) is 5.26 Å². The van der Waals surface area contributed by atoms with E-state index >= 15 is 0 Å². The molecule has 2 rings (SSSR count). The predicted octanol–water partition coefficient (Wildman–Crippen LogP) is 12.0. The van der Waals surface area contributed by atoms with Gasteiger partial charge < -0.3 is 38.6 Å². The van der Waals surface area contributed by atoms with E-state index in [4.69, 9.17) is 43.9 Å². The number of carboxylic acid groups (broad SMARTS) is 2. The van der Waals surface area contributed by atoms with Gasteiger partial charge in [-0.15, -0.1) is 0 Å². The highest BCUT2D eigenvalue weighted by molar-refractivity contribution is 5.96. The molecule has 11 heteroatoms. The minimum absolute atomic E-state index is 0.106. The van der Waals surface area contributed by atoms with E-state index in [2.05, 4.69) is 13.8 Å². The molecule has 0 atom stereocenters. The van der Waals surface area contributed by atoms with Gasteiger partial charge in [0.1, 0.15) is 17.4 Å². The number of methoxy groups -OCH3 is 2. The molecule has 0 aliphatic rings. The molecular weight excluding hydrogens is 739 g/mol. The number of hydrogen-bond donors (Lipinski definition) is 2. The molecule has 0 amide bonds. The van der Waals surface area contributed by atoms with Crippen LogP contribution in [0.25, 0.3) is 12.2 Å². The van der Waals surface area contributed by atoms with Crippen molar-refractivity contribution >= 4 is 24.1 Å². The maximum absolute atomic E-state index is 10.8. The molecule has 324 valence electrons. The van der Waals surface area contributed by atoms with Gasteiger partial charge in [0, 0.05) is 6.08 Å². The van der Waals surface area contributed by atoms with Crippen LogP contribution >= 0.6 is 0 Å². The van der Waals surface area contributed by atoms with E-state index in [1.54, 1.807) is 42.5 Å². The normalized spacial score (nSPS) is 11.1. The van der Waals surface area contributed by atoms with Crippen molar-refractivity contribution in [3.8, 4) is 29.1 Å². The Balaban J connectivity index is 0.000000581. The monoisotopic (exact) mass is 810 g/mol. The van der Waals surface area contributed by atoms with E-state index < -0.39 is 11.9 Å². The van der Waals surface area contributed by atoms with E-state index in [0.29, 0.717) is 47.3 Å². The third-order valence-corrected chi connectivity index (χ3v) is 9.32. The Labute approximate surface area is 348 Å². The molecule has 58 heavy (non-hydrogen) atoms. The summed E-state index contributed by atoms with van der Waals surface area (Å²) in [7, 11) is 3.05. The average Bonchev–Trinajstić information content (AvgIpc) is 3.23. The number of hydrogen-bond acceptors (Lipinski definition) is 9. The van der Waals surface area contributed by atoms with Gasteiger partial charge in [0.15, 0.2) is 25.1 Å². The predicted molar refractivity (Wildman–Crippen MR) is 230 cm³/mol. The van der Waals surface area contributed by atoms with E-state index in [1.165, 1.54) is 142 Å². The second kappa shape index (κ2) is 35.6. The van der Waals surface area contributed by atoms with Crippen molar-refractivity contribution in [2.45, 2.75) is 142 Å².